The van der Waals surface area contributed by atoms with Crippen LogP contribution in [0.15, 0.2) is 54.6 Å². The van der Waals surface area contributed by atoms with E-state index in [1.165, 1.54) is 12.8 Å². The number of rotatable bonds is 11. The van der Waals surface area contributed by atoms with Crippen molar-refractivity contribution < 1.29 is 14.6 Å². The second-order valence-electron chi connectivity index (χ2n) is 8.34. The van der Waals surface area contributed by atoms with Crippen LogP contribution < -0.4 is 9.47 Å². The van der Waals surface area contributed by atoms with Crippen LogP contribution in [0.4, 0.5) is 0 Å². The van der Waals surface area contributed by atoms with Crippen LogP contribution in [0.1, 0.15) is 44.4 Å². The Hall–Kier alpha value is -2.83. The van der Waals surface area contributed by atoms with Crippen molar-refractivity contribution in [1.82, 2.24) is 14.7 Å². The fourth-order valence-corrected chi connectivity index (χ4v) is 3.93. The van der Waals surface area contributed by atoms with E-state index >= 15 is 0 Å². The Labute approximate surface area is 190 Å². The third kappa shape index (κ3) is 5.14. The van der Waals surface area contributed by atoms with Crippen LogP contribution in [0.2, 0.25) is 0 Å². The molecule has 0 spiro atoms. The highest BCUT2D eigenvalue weighted by molar-refractivity contribution is 5.44. The summed E-state index contributed by atoms with van der Waals surface area (Å²) in [7, 11) is 1.65. The molecule has 32 heavy (non-hydrogen) atoms. The molecule has 2 aromatic carbocycles. The summed E-state index contributed by atoms with van der Waals surface area (Å²) in [4.78, 5) is 2.39. The van der Waals surface area contributed by atoms with Crippen LogP contribution in [0, 0.1) is 0 Å². The summed E-state index contributed by atoms with van der Waals surface area (Å²) < 4.78 is 13.8. The maximum atomic E-state index is 10.3. The average Bonchev–Trinajstić information content (AvgIpc) is 3.63. The molecular formula is C26H33N3O3. The van der Waals surface area contributed by atoms with E-state index in [0.29, 0.717) is 24.9 Å². The Balaban J connectivity index is 1.75. The Morgan fingerprint density at radius 1 is 1.09 bits per heavy atom. The van der Waals surface area contributed by atoms with Gasteiger partial charge in [-0.1, -0.05) is 38.1 Å². The highest BCUT2D eigenvalue weighted by atomic mass is 16.5. The van der Waals surface area contributed by atoms with E-state index in [2.05, 4.69) is 11.8 Å². The zero-order valence-electron chi connectivity index (χ0n) is 19.2. The molecular weight excluding hydrogens is 402 g/mol. The van der Waals surface area contributed by atoms with Crippen molar-refractivity contribution in [3.8, 4) is 23.1 Å². The number of hydrogen-bond acceptors (Lipinski definition) is 5. The molecule has 170 valence electrons. The normalized spacial score (nSPS) is 14.5. The van der Waals surface area contributed by atoms with E-state index in [0.717, 1.165) is 41.4 Å². The van der Waals surface area contributed by atoms with Crippen LogP contribution in [-0.2, 0) is 13.0 Å². The number of aliphatic hydroxyl groups excluding tert-OH is 1. The smallest absolute Gasteiger partial charge is 0.227 e. The second kappa shape index (κ2) is 10.2. The SMILES string of the molecule is CCc1nn(-c2ccccc2)c(Oc2cccc(OC)c2)c1CN(CC(O)CC)C1CC1. The maximum absolute atomic E-state index is 10.3. The van der Waals surface area contributed by atoms with Crippen molar-refractivity contribution in [3.63, 3.8) is 0 Å². The van der Waals surface area contributed by atoms with Crippen LogP contribution >= 0.6 is 0 Å². The van der Waals surface area contributed by atoms with E-state index in [4.69, 9.17) is 14.6 Å². The molecule has 0 aliphatic heterocycles. The summed E-state index contributed by atoms with van der Waals surface area (Å²) >= 11 is 0. The molecule has 1 aliphatic rings. The maximum Gasteiger partial charge on any atom is 0.227 e. The molecule has 0 radical (unpaired) electrons. The summed E-state index contributed by atoms with van der Waals surface area (Å²) in [5, 5.41) is 15.3. The predicted molar refractivity (Wildman–Crippen MR) is 126 cm³/mol. The number of hydrogen-bond donors (Lipinski definition) is 1. The van der Waals surface area contributed by atoms with Crippen molar-refractivity contribution in [1.29, 1.82) is 0 Å². The van der Waals surface area contributed by atoms with Gasteiger partial charge in [-0.3, -0.25) is 4.90 Å². The van der Waals surface area contributed by atoms with Gasteiger partial charge < -0.3 is 14.6 Å². The van der Waals surface area contributed by atoms with Gasteiger partial charge in [0.15, 0.2) is 0 Å². The number of para-hydroxylation sites is 1. The van der Waals surface area contributed by atoms with E-state index in [1.807, 2.05) is 66.2 Å². The number of nitrogens with zero attached hydrogens (tertiary/aromatic N) is 3. The van der Waals surface area contributed by atoms with E-state index in [-0.39, 0.29) is 6.10 Å². The van der Waals surface area contributed by atoms with Gasteiger partial charge in [-0.05, 0) is 49.9 Å². The molecule has 0 saturated heterocycles. The topological polar surface area (TPSA) is 59.8 Å². The summed E-state index contributed by atoms with van der Waals surface area (Å²) in [6, 6.07) is 18.2. The summed E-state index contributed by atoms with van der Waals surface area (Å²) in [5.74, 6) is 2.17. The van der Waals surface area contributed by atoms with Crippen molar-refractivity contribution in [2.45, 2.75) is 58.2 Å². The molecule has 1 aromatic heterocycles. The fraction of sp³-hybridized carbons (Fsp3) is 0.423. The lowest BCUT2D eigenvalue weighted by Crippen LogP contribution is -2.33. The molecule has 1 unspecified atom stereocenters. The minimum atomic E-state index is -0.326. The lowest BCUT2D eigenvalue weighted by Gasteiger charge is -2.25. The lowest BCUT2D eigenvalue weighted by atomic mass is 10.1. The van der Waals surface area contributed by atoms with Crippen molar-refractivity contribution in [3.05, 3.63) is 65.9 Å². The third-order valence-corrected chi connectivity index (χ3v) is 5.95. The molecule has 0 bridgehead atoms. The van der Waals surface area contributed by atoms with E-state index in [1.54, 1.807) is 7.11 Å². The number of benzene rings is 2. The molecule has 6 nitrogen and oxygen atoms in total. The fourth-order valence-electron chi connectivity index (χ4n) is 3.93. The van der Waals surface area contributed by atoms with Gasteiger partial charge in [-0.25, -0.2) is 4.68 Å². The van der Waals surface area contributed by atoms with Gasteiger partial charge in [0.2, 0.25) is 5.88 Å². The highest BCUT2D eigenvalue weighted by Crippen LogP contribution is 2.36. The molecule has 1 atom stereocenters. The number of methoxy groups -OCH3 is 1. The number of aryl methyl sites for hydroxylation is 1. The standard InChI is InChI=1S/C26H33N3O3/c1-4-21(30)17-28(19-14-15-19)18-24-25(5-2)27-29(20-10-7-6-8-11-20)26(24)32-23-13-9-12-22(16-23)31-3/h6-13,16,19,21,30H,4-5,14-15,17-18H2,1-3H3. The van der Waals surface area contributed by atoms with Gasteiger partial charge in [0, 0.05) is 25.2 Å². The highest BCUT2D eigenvalue weighted by Gasteiger charge is 2.32. The number of aromatic nitrogens is 2. The molecule has 4 rings (SSSR count). The van der Waals surface area contributed by atoms with E-state index in [9.17, 15) is 5.11 Å². The lowest BCUT2D eigenvalue weighted by molar-refractivity contribution is 0.100. The Bertz CT molecular complexity index is 1010. The summed E-state index contributed by atoms with van der Waals surface area (Å²) in [5.41, 5.74) is 3.05. The number of ether oxygens (including phenoxy) is 2. The molecule has 1 fully saturated rings. The number of aliphatic hydroxyl groups is 1. The minimum absolute atomic E-state index is 0.326. The van der Waals surface area contributed by atoms with Crippen LogP contribution in [-0.4, -0.2) is 45.6 Å². The third-order valence-electron chi connectivity index (χ3n) is 5.95. The first kappa shape index (κ1) is 22.4. The summed E-state index contributed by atoms with van der Waals surface area (Å²) in [6.07, 6.45) is 3.58. The van der Waals surface area contributed by atoms with Gasteiger partial charge in [0.05, 0.1) is 30.2 Å². The average molecular weight is 436 g/mol. The van der Waals surface area contributed by atoms with Crippen LogP contribution in [0.25, 0.3) is 5.69 Å². The molecule has 1 N–H and O–H groups in total. The van der Waals surface area contributed by atoms with E-state index < -0.39 is 0 Å². The zero-order chi connectivity index (χ0) is 22.5. The molecule has 1 heterocycles. The molecule has 1 aliphatic carbocycles. The molecule has 6 heteroatoms. The predicted octanol–water partition coefficient (Wildman–Crippen LogP) is 4.97. The van der Waals surface area contributed by atoms with Crippen molar-refractivity contribution >= 4 is 0 Å². The second-order valence-corrected chi connectivity index (χ2v) is 8.34. The summed E-state index contributed by atoms with van der Waals surface area (Å²) in [6.45, 7) is 5.52. The first-order valence-electron chi connectivity index (χ1n) is 11.5. The molecule has 0 amide bonds. The van der Waals surface area contributed by atoms with Gasteiger partial charge in [0.25, 0.3) is 0 Å². The van der Waals surface area contributed by atoms with Crippen molar-refractivity contribution in [2.24, 2.45) is 0 Å². The van der Waals surface area contributed by atoms with Gasteiger partial charge in [-0.2, -0.15) is 5.10 Å². The Kier molecular flexibility index (Phi) is 7.12. The van der Waals surface area contributed by atoms with Gasteiger partial charge in [0.1, 0.15) is 11.5 Å². The Morgan fingerprint density at radius 3 is 2.50 bits per heavy atom. The van der Waals surface area contributed by atoms with Crippen LogP contribution in [0.3, 0.4) is 0 Å². The van der Waals surface area contributed by atoms with Crippen LogP contribution in [0.5, 0.6) is 17.4 Å². The minimum Gasteiger partial charge on any atom is -0.497 e. The first-order valence-corrected chi connectivity index (χ1v) is 11.5. The Morgan fingerprint density at radius 2 is 1.84 bits per heavy atom. The zero-order valence-corrected chi connectivity index (χ0v) is 19.2. The molecule has 3 aromatic rings. The van der Waals surface area contributed by atoms with Gasteiger partial charge in [-0.15, -0.1) is 0 Å². The quantitative estimate of drug-likeness (QED) is 0.461. The van der Waals surface area contributed by atoms with Gasteiger partial charge >= 0.3 is 0 Å². The monoisotopic (exact) mass is 435 g/mol. The largest absolute Gasteiger partial charge is 0.497 e. The first-order chi connectivity index (χ1) is 15.6. The molecule has 1 saturated carbocycles. The van der Waals surface area contributed by atoms with Crippen molar-refractivity contribution in [2.75, 3.05) is 13.7 Å².